The summed E-state index contributed by atoms with van der Waals surface area (Å²) in [5, 5.41) is 12.8. The van der Waals surface area contributed by atoms with Crippen LogP contribution in [0.4, 0.5) is 17.1 Å². The molecule has 0 fully saturated rings. The first-order chi connectivity index (χ1) is 30.7. The number of hydrogen-bond acceptors (Lipinski definition) is 1. The van der Waals surface area contributed by atoms with Crippen LogP contribution in [0.25, 0.3) is 98.3 Å². The average Bonchev–Trinajstić information content (AvgIpc) is 3.68. The number of aryl methyl sites for hydroxylation is 1. The van der Waals surface area contributed by atoms with Gasteiger partial charge in [0.2, 0.25) is 0 Å². The zero-order valence-corrected chi connectivity index (χ0v) is 34.1. The minimum absolute atomic E-state index is 0.0765. The van der Waals surface area contributed by atoms with E-state index in [9.17, 15) is 0 Å². The largest absolute Gasteiger partial charge is 0.375 e. The van der Waals surface area contributed by atoms with E-state index in [0.717, 1.165) is 5.69 Å². The number of fused-ring (bicyclic) bond motifs is 13. The average molecular weight is 785 g/mol. The van der Waals surface area contributed by atoms with E-state index in [1.807, 2.05) is 0 Å². The van der Waals surface area contributed by atoms with Gasteiger partial charge >= 0.3 is 6.85 Å². The first kappa shape index (κ1) is 33.9. The van der Waals surface area contributed by atoms with Crippen molar-refractivity contribution in [1.82, 2.24) is 4.48 Å². The van der Waals surface area contributed by atoms with Crippen LogP contribution < -0.4 is 15.8 Å². The SMILES string of the molecule is Cc1c2c(cc3cc4ccccc4cc13)B1c3c(cc4ccccc4c3-c3cc4ccccc4c4c5ccccc5n1c34)N2c1cc(-c2ccccc2)cc(-c2ccccc2)c1. The second kappa shape index (κ2) is 12.6. The number of benzene rings is 11. The van der Waals surface area contributed by atoms with Crippen molar-refractivity contribution in [2.75, 3.05) is 4.90 Å². The summed E-state index contributed by atoms with van der Waals surface area (Å²) in [6.45, 7) is 2.29. The summed E-state index contributed by atoms with van der Waals surface area (Å²) < 4.78 is 2.71. The lowest BCUT2D eigenvalue weighted by atomic mass is 9.44. The molecule has 286 valence electrons. The zero-order chi connectivity index (χ0) is 40.6. The Morgan fingerprint density at radius 3 is 1.71 bits per heavy atom. The summed E-state index contributed by atoms with van der Waals surface area (Å²) in [6, 6.07) is 77.3. The Bertz CT molecular complexity index is 3830. The fourth-order valence-electron chi connectivity index (χ4n) is 11.4. The maximum atomic E-state index is 2.71. The van der Waals surface area contributed by atoms with Crippen LogP contribution in [0.1, 0.15) is 5.56 Å². The molecule has 11 aromatic carbocycles. The highest BCUT2D eigenvalue weighted by atomic mass is 15.2. The van der Waals surface area contributed by atoms with Crippen molar-refractivity contribution in [2.24, 2.45) is 0 Å². The molecule has 12 aromatic rings. The molecule has 14 rings (SSSR count). The number of para-hydroxylation sites is 1. The number of anilines is 3. The molecule has 2 aliphatic heterocycles. The summed E-state index contributed by atoms with van der Waals surface area (Å²) in [4.78, 5) is 2.63. The third-order valence-corrected chi connectivity index (χ3v) is 14.0. The van der Waals surface area contributed by atoms with E-state index in [1.54, 1.807) is 0 Å². The molecule has 0 saturated carbocycles. The summed E-state index contributed by atoms with van der Waals surface area (Å²) >= 11 is 0. The lowest BCUT2D eigenvalue weighted by Gasteiger charge is -2.42. The summed E-state index contributed by atoms with van der Waals surface area (Å²) in [6.07, 6.45) is 0. The molecule has 1 aromatic heterocycles. The van der Waals surface area contributed by atoms with Gasteiger partial charge < -0.3 is 9.38 Å². The molecule has 62 heavy (non-hydrogen) atoms. The van der Waals surface area contributed by atoms with E-state index in [-0.39, 0.29) is 6.85 Å². The van der Waals surface area contributed by atoms with E-state index in [2.05, 4.69) is 223 Å². The minimum Gasteiger partial charge on any atom is -0.375 e. The van der Waals surface area contributed by atoms with E-state index < -0.39 is 0 Å². The van der Waals surface area contributed by atoms with Crippen LogP contribution in [0, 0.1) is 6.92 Å². The molecule has 0 unspecified atom stereocenters. The molecule has 2 aliphatic rings. The van der Waals surface area contributed by atoms with Gasteiger partial charge in [-0.25, -0.2) is 0 Å². The molecular formula is C59H37BN2. The Hall–Kier alpha value is -7.88. The summed E-state index contributed by atoms with van der Waals surface area (Å²) in [5.74, 6) is 0. The highest BCUT2D eigenvalue weighted by molar-refractivity contribution is 6.90. The lowest BCUT2D eigenvalue weighted by molar-refractivity contribution is 1.25. The molecule has 0 amide bonds. The first-order valence-electron chi connectivity index (χ1n) is 21.7. The van der Waals surface area contributed by atoms with Crippen molar-refractivity contribution in [3.05, 3.63) is 212 Å². The molecule has 2 nitrogen and oxygen atoms in total. The predicted molar refractivity (Wildman–Crippen MR) is 266 cm³/mol. The lowest BCUT2D eigenvalue weighted by Crippen LogP contribution is -2.57. The van der Waals surface area contributed by atoms with Crippen LogP contribution in [0.5, 0.6) is 0 Å². The van der Waals surface area contributed by atoms with Crippen molar-refractivity contribution < 1.29 is 0 Å². The Labute approximate surface area is 359 Å². The topological polar surface area (TPSA) is 8.17 Å². The quantitative estimate of drug-likeness (QED) is 0.128. The van der Waals surface area contributed by atoms with Gasteiger partial charge in [-0.1, -0.05) is 158 Å². The Kier molecular flexibility index (Phi) is 6.88. The van der Waals surface area contributed by atoms with Gasteiger partial charge in [0.25, 0.3) is 0 Å². The summed E-state index contributed by atoms with van der Waals surface area (Å²) in [7, 11) is 0. The Morgan fingerprint density at radius 2 is 1.00 bits per heavy atom. The van der Waals surface area contributed by atoms with Gasteiger partial charge in [-0.2, -0.15) is 0 Å². The van der Waals surface area contributed by atoms with Crippen molar-refractivity contribution in [2.45, 2.75) is 6.92 Å². The van der Waals surface area contributed by atoms with E-state index in [4.69, 9.17) is 0 Å². The molecular weight excluding hydrogens is 747 g/mol. The second-order valence-electron chi connectivity index (χ2n) is 17.3. The van der Waals surface area contributed by atoms with Gasteiger partial charge in [0.05, 0.1) is 0 Å². The molecule has 0 bridgehead atoms. The minimum atomic E-state index is -0.0765. The van der Waals surface area contributed by atoms with Crippen molar-refractivity contribution in [3.63, 3.8) is 0 Å². The summed E-state index contributed by atoms with van der Waals surface area (Å²) in [5.41, 5.74) is 17.6. The number of aromatic nitrogens is 1. The van der Waals surface area contributed by atoms with Crippen LogP contribution in [-0.4, -0.2) is 11.3 Å². The number of hydrogen-bond donors (Lipinski definition) is 0. The number of rotatable bonds is 3. The maximum absolute atomic E-state index is 2.71. The third-order valence-electron chi connectivity index (χ3n) is 14.0. The second-order valence-corrected chi connectivity index (χ2v) is 17.3. The van der Waals surface area contributed by atoms with E-state index in [1.165, 1.54) is 126 Å². The predicted octanol–water partition coefficient (Wildman–Crippen LogP) is 14.5. The van der Waals surface area contributed by atoms with Gasteiger partial charge in [-0.05, 0) is 143 Å². The van der Waals surface area contributed by atoms with Crippen molar-refractivity contribution >= 4 is 99.7 Å². The first-order valence-corrected chi connectivity index (χ1v) is 21.7. The van der Waals surface area contributed by atoms with Gasteiger partial charge in [0.15, 0.2) is 0 Å². The molecule has 0 spiro atoms. The fourth-order valence-corrected chi connectivity index (χ4v) is 11.4. The van der Waals surface area contributed by atoms with Crippen LogP contribution in [0.2, 0.25) is 0 Å². The highest BCUT2D eigenvalue weighted by Crippen LogP contribution is 2.51. The molecule has 0 atom stereocenters. The molecule has 0 saturated heterocycles. The molecule has 0 N–H and O–H groups in total. The number of nitrogens with zero attached hydrogens (tertiary/aromatic N) is 2. The standard InChI is InChI=1S/C59H37BN2/c1-36-50-32-40-21-9-8-20-39(40)28-45(50)34-52-58(36)61(46-30-43(37-16-4-2-5-17-37)29-44(31-46)38-18-6-3-7-19-38)54-35-42-23-11-12-24-47(42)55-51-33-41-22-10-13-25-48(41)56-49-26-14-15-27-53(49)62(59(51)56)60(52)57(54)55/h2-35H,1H3. The normalized spacial score (nSPS) is 12.9. The Balaban J connectivity index is 1.20. The van der Waals surface area contributed by atoms with Gasteiger partial charge in [-0.15, -0.1) is 0 Å². The smallest absolute Gasteiger partial charge is 0.333 e. The van der Waals surface area contributed by atoms with Crippen molar-refractivity contribution in [1.29, 1.82) is 0 Å². The third kappa shape index (κ3) is 4.60. The van der Waals surface area contributed by atoms with Crippen LogP contribution in [-0.2, 0) is 0 Å². The monoisotopic (exact) mass is 784 g/mol. The van der Waals surface area contributed by atoms with Gasteiger partial charge in [-0.3, -0.25) is 0 Å². The molecule has 3 heterocycles. The Morgan fingerprint density at radius 1 is 0.419 bits per heavy atom. The van der Waals surface area contributed by atoms with Gasteiger partial charge in [0.1, 0.15) is 0 Å². The highest BCUT2D eigenvalue weighted by Gasteiger charge is 2.44. The molecule has 0 aliphatic carbocycles. The van der Waals surface area contributed by atoms with Gasteiger partial charge in [0, 0.05) is 44.4 Å². The fraction of sp³-hybridized carbons (Fsp3) is 0.0169. The maximum Gasteiger partial charge on any atom is 0.333 e. The van der Waals surface area contributed by atoms with Crippen LogP contribution >= 0.6 is 0 Å². The van der Waals surface area contributed by atoms with Crippen molar-refractivity contribution in [3.8, 4) is 33.4 Å². The van der Waals surface area contributed by atoms with Crippen LogP contribution in [0.3, 0.4) is 0 Å². The molecule has 0 radical (unpaired) electrons. The van der Waals surface area contributed by atoms with E-state index >= 15 is 0 Å². The van der Waals surface area contributed by atoms with E-state index in [0.29, 0.717) is 0 Å². The van der Waals surface area contributed by atoms with Crippen LogP contribution in [0.15, 0.2) is 206 Å². The zero-order valence-electron chi connectivity index (χ0n) is 34.1. The molecule has 3 heteroatoms.